The molecule has 0 amide bonds. The molecule has 0 aromatic heterocycles. The van der Waals surface area contributed by atoms with Crippen LogP contribution in [0.3, 0.4) is 0 Å². The summed E-state index contributed by atoms with van der Waals surface area (Å²) in [7, 11) is 0. The average Bonchev–Trinajstić information content (AvgIpc) is 2.02. The topological polar surface area (TPSA) is 73.1 Å². The molecule has 7 heteroatoms. The second-order valence-electron chi connectivity index (χ2n) is 3.53. The molecule has 0 radical (unpaired) electrons. The van der Waals surface area contributed by atoms with Crippen molar-refractivity contribution in [3.05, 3.63) is 0 Å². The smallest absolute Gasteiger partial charge is 0.405 e. The van der Waals surface area contributed by atoms with Crippen LogP contribution in [0.2, 0.25) is 0 Å². The lowest BCUT2D eigenvalue weighted by Gasteiger charge is -2.23. The lowest BCUT2D eigenvalue weighted by Crippen LogP contribution is -2.49. The first kappa shape index (κ1) is 13.7. The van der Waals surface area contributed by atoms with Gasteiger partial charge in [-0.3, -0.25) is 4.79 Å². The van der Waals surface area contributed by atoms with Crippen LogP contribution in [0.15, 0.2) is 0 Å². The summed E-state index contributed by atoms with van der Waals surface area (Å²) in [5.41, 5.74) is -1.49. The predicted octanol–water partition coefficient (Wildman–Crippen LogP) is 1.14. The van der Waals surface area contributed by atoms with Crippen molar-refractivity contribution in [1.82, 2.24) is 5.32 Å². The fourth-order valence-corrected chi connectivity index (χ4v) is 0.667. The number of carboxylic acids is 1. The van der Waals surface area contributed by atoms with Crippen molar-refractivity contribution in [2.24, 2.45) is 5.92 Å². The van der Waals surface area contributed by atoms with E-state index in [-0.39, 0.29) is 0 Å². The number of nitrogens with zero attached hydrogens (tertiary/aromatic N) is 1. The van der Waals surface area contributed by atoms with Crippen LogP contribution in [0.5, 0.6) is 0 Å². The highest BCUT2D eigenvalue weighted by atomic mass is 19.4. The minimum absolute atomic E-state index is 0.737. The molecule has 0 aromatic rings. The highest BCUT2D eigenvalue weighted by molar-refractivity contribution is 5.77. The lowest BCUT2D eigenvalue weighted by atomic mass is 10.0. The molecule has 0 saturated heterocycles. The van der Waals surface area contributed by atoms with E-state index in [0.29, 0.717) is 0 Å². The molecule has 2 N–H and O–H groups in total. The first-order chi connectivity index (χ1) is 6.61. The molecule has 0 fully saturated rings. The van der Waals surface area contributed by atoms with E-state index in [4.69, 9.17) is 10.4 Å². The number of halogens is 3. The second kappa shape index (κ2) is 4.49. The van der Waals surface area contributed by atoms with Crippen LogP contribution in [0.25, 0.3) is 0 Å². The zero-order chi connectivity index (χ0) is 12.3. The molecule has 1 atom stereocenters. The molecule has 0 saturated carbocycles. The number of hydrogen-bond donors (Lipinski definition) is 2. The third kappa shape index (κ3) is 4.16. The summed E-state index contributed by atoms with van der Waals surface area (Å²) in [6.45, 7) is 1.71. The Balaban J connectivity index is 4.39. The first-order valence-electron chi connectivity index (χ1n) is 4.06. The van der Waals surface area contributed by atoms with Crippen LogP contribution in [-0.4, -0.2) is 29.3 Å². The zero-order valence-corrected chi connectivity index (χ0v) is 8.22. The largest absolute Gasteiger partial charge is 0.480 e. The molecule has 0 spiro atoms. The summed E-state index contributed by atoms with van der Waals surface area (Å²) < 4.78 is 36.3. The molecule has 0 aromatic carbocycles. The highest BCUT2D eigenvalue weighted by Gasteiger charge is 2.41. The molecule has 0 rings (SSSR count). The van der Waals surface area contributed by atoms with Crippen LogP contribution in [-0.2, 0) is 4.79 Å². The van der Waals surface area contributed by atoms with Crippen LogP contribution < -0.4 is 5.32 Å². The SMILES string of the molecule is CC(C)(NCC(C#N)C(F)(F)F)C(=O)O. The van der Waals surface area contributed by atoms with E-state index in [1.165, 1.54) is 13.8 Å². The minimum Gasteiger partial charge on any atom is -0.480 e. The van der Waals surface area contributed by atoms with E-state index in [9.17, 15) is 18.0 Å². The van der Waals surface area contributed by atoms with Crippen molar-refractivity contribution in [1.29, 1.82) is 5.26 Å². The summed E-state index contributed by atoms with van der Waals surface area (Å²) >= 11 is 0. The molecule has 1 unspecified atom stereocenters. The van der Waals surface area contributed by atoms with E-state index in [1.54, 1.807) is 0 Å². The Morgan fingerprint density at radius 2 is 2.00 bits per heavy atom. The van der Waals surface area contributed by atoms with Crippen molar-refractivity contribution in [3.63, 3.8) is 0 Å². The van der Waals surface area contributed by atoms with Gasteiger partial charge in [-0.25, -0.2) is 0 Å². The Kier molecular flexibility index (Phi) is 4.10. The molecule has 0 aliphatic heterocycles. The fraction of sp³-hybridized carbons (Fsp3) is 0.750. The Labute approximate surface area is 84.7 Å². The van der Waals surface area contributed by atoms with Crippen LogP contribution in [0, 0.1) is 17.2 Å². The number of rotatable bonds is 4. The second-order valence-corrected chi connectivity index (χ2v) is 3.53. The lowest BCUT2D eigenvalue weighted by molar-refractivity contribution is -0.160. The molecule has 15 heavy (non-hydrogen) atoms. The Morgan fingerprint density at radius 1 is 1.53 bits per heavy atom. The van der Waals surface area contributed by atoms with E-state index in [2.05, 4.69) is 5.32 Å². The van der Waals surface area contributed by atoms with Gasteiger partial charge in [0.2, 0.25) is 0 Å². The van der Waals surface area contributed by atoms with Crippen molar-refractivity contribution in [2.45, 2.75) is 25.6 Å². The van der Waals surface area contributed by atoms with Gasteiger partial charge in [-0.2, -0.15) is 18.4 Å². The van der Waals surface area contributed by atoms with Crippen LogP contribution >= 0.6 is 0 Å². The number of aliphatic carboxylic acids is 1. The Hall–Kier alpha value is -1.29. The molecule has 86 valence electrons. The predicted molar refractivity (Wildman–Crippen MR) is 44.9 cm³/mol. The zero-order valence-electron chi connectivity index (χ0n) is 8.22. The van der Waals surface area contributed by atoms with Gasteiger partial charge in [0.1, 0.15) is 5.54 Å². The van der Waals surface area contributed by atoms with Gasteiger partial charge in [-0.1, -0.05) is 0 Å². The van der Waals surface area contributed by atoms with Gasteiger partial charge in [-0.05, 0) is 13.8 Å². The molecule has 0 heterocycles. The number of hydrogen-bond acceptors (Lipinski definition) is 3. The van der Waals surface area contributed by atoms with Crippen LogP contribution in [0.4, 0.5) is 13.2 Å². The summed E-state index contributed by atoms with van der Waals surface area (Å²) in [6, 6.07) is 1.07. The van der Waals surface area contributed by atoms with Gasteiger partial charge in [0, 0.05) is 6.54 Å². The average molecular weight is 224 g/mol. The van der Waals surface area contributed by atoms with Crippen molar-refractivity contribution < 1.29 is 23.1 Å². The quantitative estimate of drug-likeness (QED) is 0.751. The summed E-state index contributed by atoms with van der Waals surface area (Å²) in [5, 5.41) is 19.0. The molecule has 0 bridgehead atoms. The van der Waals surface area contributed by atoms with Gasteiger partial charge < -0.3 is 10.4 Å². The Morgan fingerprint density at radius 3 is 2.27 bits per heavy atom. The number of nitrogens with one attached hydrogen (secondary N) is 1. The van der Waals surface area contributed by atoms with Gasteiger partial charge in [0.25, 0.3) is 0 Å². The monoisotopic (exact) mass is 224 g/mol. The van der Waals surface area contributed by atoms with Gasteiger partial charge in [0.15, 0.2) is 5.92 Å². The number of carboxylic acid groups (broad SMARTS) is 1. The van der Waals surface area contributed by atoms with Gasteiger partial charge in [-0.15, -0.1) is 0 Å². The normalized spacial score (nSPS) is 14.4. The maximum absolute atomic E-state index is 12.1. The Bertz CT molecular complexity index is 281. The van der Waals surface area contributed by atoms with E-state index in [1.807, 2.05) is 0 Å². The first-order valence-corrected chi connectivity index (χ1v) is 4.06. The van der Waals surface area contributed by atoms with Crippen molar-refractivity contribution in [3.8, 4) is 6.07 Å². The third-order valence-electron chi connectivity index (χ3n) is 1.83. The minimum atomic E-state index is -4.64. The van der Waals surface area contributed by atoms with E-state index >= 15 is 0 Å². The van der Waals surface area contributed by atoms with Crippen molar-refractivity contribution >= 4 is 5.97 Å². The maximum atomic E-state index is 12.1. The number of alkyl halides is 3. The third-order valence-corrected chi connectivity index (χ3v) is 1.83. The molecular formula is C8H11F3N2O2. The van der Waals surface area contributed by atoms with E-state index < -0.39 is 30.1 Å². The molecular weight excluding hydrogens is 213 g/mol. The van der Waals surface area contributed by atoms with Crippen LogP contribution in [0.1, 0.15) is 13.8 Å². The summed E-state index contributed by atoms with van der Waals surface area (Å²) in [6.07, 6.45) is -4.64. The highest BCUT2D eigenvalue weighted by Crippen LogP contribution is 2.25. The maximum Gasteiger partial charge on any atom is 0.405 e. The number of nitriles is 1. The molecule has 0 aliphatic rings. The van der Waals surface area contributed by atoms with E-state index in [0.717, 1.165) is 6.07 Å². The summed E-state index contributed by atoms with van der Waals surface area (Å²) in [5.74, 6) is -3.47. The number of carbonyl (C=O) groups is 1. The fourth-order valence-electron chi connectivity index (χ4n) is 0.667. The molecule has 0 aliphatic carbocycles. The standard InChI is InChI=1S/C8H11F3N2O2/c1-7(2,6(14)15)13-4-5(3-12)8(9,10)11/h5,13H,4H2,1-2H3,(H,14,15). The van der Waals surface area contributed by atoms with Gasteiger partial charge in [0.05, 0.1) is 6.07 Å². The van der Waals surface area contributed by atoms with Gasteiger partial charge >= 0.3 is 12.1 Å². The molecule has 4 nitrogen and oxygen atoms in total. The van der Waals surface area contributed by atoms with Crippen molar-refractivity contribution in [2.75, 3.05) is 6.54 Å². The summed E-state index contributed by atoms with van der Waals surface area (Å²) in [4.78, 5) is 10.5.